The number of thioether (sulfide) groups is 1. The van der Waals surface area contributed by atoms with E-state index in [0.717, 1.165) is 23.1 Å². The maximum Gasteiger partial charge on any atom is 0.315 e. The Morgan fingerprint density at radius 1 is 0.967 bits per heavy atom. The summed E-state index contributed by atoms with van der Waals surface area (Å²) in [5.74, 6) is 0.917. The van der Waals surface area contributed by atoms with Crippen molar-refractivity contribution in [3.05, 3.63) is 35.2 Å². The van der Waals surface area contributed by atoms with Gasteiger partial charge in [-0.25, -0.2) is 4.85 Å². The van der Waals surface area contributed by atoms with Crippen LogP contribution >= 0.6 is 11.8 Å². The number of hydrogen-bond acceptors (Lipinski definition) is 5. The van der Waals surface area contributed by atoms with Crippen molar-refractivity contribution >= 4 is 51.2 Å². The van der Waals surface area contributed by atoms with Gasteiger partial charge >= 0.3 is 17.1 Å². The van der Waals surface area contributed by atoms with Crippen LogP contribution in [-0.2, 0) is 12.3 Å². The molecular weight excluding hydrogens is 461 g/mol. The van der Waals surface area contributed by atoms with Crippen molar-refractivity contribution < 1.29 is 12.3 Å². The Balaban J connectivity index is 2.80. The van der Waals surface area contributed by atoms with Crippen molar-refractivity contribution in [2.45, 2.75) is 76.3 Å². The highest BCUT2D eigenvalue weighted by atomic mass is 32.2. The maximum atomic E-state index is 9.22. The Bertz CT molecular complexity index is 810. The molecule has 0 fully saturated rings. The first-order chi connectivity index (χ1) is 13.6. The summed E-state index contributed by atoms with van der Waals surface area (Å²) in [4.78, 5) is 4.41. The van der Waals surface area contributed by atoms with E-state index in [9.17, 15) is 5.26 Å². The molecule has 1 aromatic carbocycles. The Morgan fingerprint density at radius 2 is 1.57 bits per heavy atom. The van der Waals surface area contributed by atoms with Crippen LogP contribution in [-0.4, -0.2) is 39.5 Å². The van der Waals surface area contributed by atoms with Crippen LogP contribution in [0.5, 0.6) is 0 Å². The maximum absolute atomic E-state index is 9.22. The van der Waals surface area contributed by atoms with Crippen LogP contribution in [0.25, 0.3) is 4.85 Å². The third-order valence-electron chi connectivity index (χ3n) is 3.79. The Morgan fingerprint density at radius 3 is 2.07 bits per heavy atom. The van der Waals surface area contributed by atoms with Crippen LogP contribution in [0, 0.1) is 17.9 Å². The smallest absolute Gasteiger partial charge is 0.315 e. The molecule has 0 spiro atoms. The molecule has 0 N–H and O–H groups in total. The first-order valence-electron chi connectivity index (χ1n) is 10.2. The average molecular weight is 497 g/mol. The summed E-state index contributed by atoms with van der Waals surface area (Å²) in [5.41, 5.74) is 0.851. The zero-order valence-corrected chi connectivity index (χ0v) is 24.7. The van der Waals surface area contributed by atoms with Crippen LogP contribution in [0.15, 0.2) is 23.1 Å². The van der Waals surface area contributed by atoms with E-state index in [2.05, 4.69) is 69.8 Å². The first kappa shape index (κ1) is 27.3. The normalized spacial score (nSPS) is 14.6. The Kier molecular flexibility index (Phi) is 9.79. The van der Waals surface area contributed by atoms with Crippen LogP contribution in [0.4, 0.5) is 5.69 Å². The van der Waals surface area contributed by atoms with E-state index < -0.39 is 33.8 Å². The Hall–Kier alpha value is -0.702. The summed E-state index contributed by atoms with van der Waals surface area (Å²) in [7, 11) is -8.09. The van der Waals surface area contributed by atoms with Crippen LogP contribution < -0.4 is 0 Å². The van der Waals surface area contributed by atoms with E-state index >= 15 is 0 Å². The van der Waals surface area contributed by atoms with Crippen molar-refractivity contribution in [3.63, 3.8) is 0 Å². The summed E-state index contributed by atoms with van der Waals surface area (Å²) < 4.78 is 19.8. The predicted octanol–water partition coefficient (Wildman–Crippen LogP) is 7.08. The topological polar surface area (TPSA) is 55.8 Å². The van der Waals surface area contributed by atoms with Gasteiger partial charge in [0.1, 0.15) is 0 Å². The lowest BCUT2D eigenvalue weighted by atomic mass is 10.2. The largest absolute Gasteiger partial charge is 0.437 e. The summed E-state index contributed by atoms with van der Waals surface area (Å²) in [6.07, 6.45) is 0.974. The number of nitrogens with zero attached hydrogens (tertiary/aromatic N) is 2. The van der Waals surface area contributed by atoms with Crippen molar-refractivity contribution in [2.24, 2.45) is 0 Å². The molecular formula is C20H36N2O3SSi4. The third-order valence-corrected chi connectivity index (χ3v) is 18.4. The van der Waals surface area contributed by atoms with Crippen molar-refractivity contribution in [1.29, 1.82) is 5.26 Å². The minimum absolute atomic E-state index is 0.411. The number of nitriles is 1. The van der Waals surface area contributed by atoms with E-state index in [1.54, 1.807) is 17.8 Å². The molecule has 0 heterocycles. The second-order valence-corrected chi connectivity index (χ2v) is 27.6. The van der Waals surface area contributed by atoms with Crippen molar-refractivity contribution in [2.75, 3.05) is 5.75 Å². The van der Waals surface area contributed by atoms with Gasteiger partial charge in [0, 0.05) is 4.90 Å². The highest BCUT2D eigenvalue weighted by Crippen LogP contribution is 2.30. The zero-order valence-electron chi connectivity index (χ0n) is 19.9. The standard InChI is InChI=1S/C20H36N2O3SSi4/c1-22-20-13-12-19(16-18(20)17-21)26-14-11-15-30(10,24-28(5,6)7)25-29(8,9)23-27(2,3)4/h12-13,16H,11,14-15H2,2-10H3. The van der Waals surface area contributed by atoms with Gasteiger partial charge in [0.05, 0.1) is 18.2 Å². The molecule has 10 heteroatoms. The molecule has 0 aliphatic heterocycles. The molecule has 166 valence electrons. The molecule has 0 radical (unpaired) electrons. The van der Waals surface area contributed by atoms with Gasteiger partial charge in [-0.3, -0.25) is 0 Å². The molecule has 1 rings (SSSR count). The van der Waals surface area contributed by atoms with Crippen LogP contribution in [0.3, 0.4) is 0 Å². The molecule has 0 bridgehead atoms. The number of hydrogen-bond donors (Lipinski definition) is 0. The van der Waals surface area contributed by atoms with Gasteiger partial charge in [0.15, 0.2) is 16.6 Å². The molecule has 1 aromatic rings. The van der Waals surface area contributed by atoms with Gasteiger partial charge in [0.25, 0.3) is 0 Å². The van der Waals surface area contributed by atoms with Crippen LogP contribution in [0.2, 0.25) is 65.0 Å². The lowest BCUT2D eigenvalue weighted by molar-refractivity contribution is 0.323. The van der Waals surface area contributed by atoms with Gasteiger partial charge in [-0.15, -0.1) is 11.8 Å². The Labute approximate surface area is 191 Å². The summed E-state index contributed by atoms with van der Waals surface area (Å²) >= 11 is 1.71. The van der Waals surface area contributed by atoms with Gasteiger partial charge in [-0.2, -0.15) is 5.26 Å². The van der Waals surface area contributed by atoms with E-state index in [1.165, 1.54) is 0 Å². The number of rotatable bonds is 11. The van der Waals surface area contributed by atoms with Gasteiger partial charge in [-0.05, 0) is 83.2 Å². The van der Waals surface area contributed by atoms with Crippen molar-refractivity contribution in [3.8, 4) is 6.07 Å². The molecule has 30 heavy (non-hydrogen) atoms. The quantitative estimate of drug-likeness (QED) is 0.142. The predicted molar refractivity (Wildman–Crippen MR) is 137 cm³/mol. The highest BCUT2D eigenvalue weighted by Gasteiger charge is 2.44. The fourth-order valence-corrected chi connectivity index (χ4v) is 22.5. The van der Waals surface area contributed by atoms with Crippen molar-refractivity contribution in [1.82, 2.24) is 0 Å². The molecule has 0 saturated heterocycles. The molecule has 5 nitrogen and oxygen atoms in total. The molecule has 0 aromatic heterocycles. The fourth-order valence-electron chi connectivity index (χ4n) is 3.42. The van der Waals surface area contributed by atoms with Gasteiger partial charge < -0.3 is 12.3 Å². The molecule has 0 amide bonds. The van der Waals surface area contributed by atoms with Crippen LogP contribution in [0.1, 0.15) is 12.0 Å². The molecule has 1 atom stereocenters. The zero-order chi connectivity index (χ0) is 23.2. The van der Waals surface area contributed by atoms with E-state index in [0.29, 0.717) is 11.3 Å². The van der Waals surface area contributed by atoms with E-state index in [1.807, 2.05) is 12.1 Å². The lowest BCUT2D eigenvalue weighted by Gasteiger charge is -2.41. The number of benzene rings is 1. The minimum Gasteiger partial charge on any atom is -0.437 e. The average Bonchev–Trinajstić information content (AvgIpc) is 2.53. The SMILES string of the molecule is [C-]#[N+]c1ccc(SCCC[Si](C)(O[Si](C)(C)C)O[Si](C)(C)O[Si](C)(C)C)cc1C#N. The third kappa shape index (κ3) is 10.6. The fraction of sp³-hybridized carbons (Fsp3) is 0.600. The summed E-state index contributed by atoms with van der Waals surface area (Å²) in [5, 5.41) is 9.22. The first-order valence-corrected chi connectivity index (χ1v) is 23.4. The molecule has 0 aliphatic rings. The summed E-state index contributed by atoms with van der Waals surface area (Å²) in [6.45, 7) is 26.9. The monoisotopic (exact) mass is 496 g/mol. The second-order valence-electron chi connectivity index (χ2n) is 9.92. The minimum atomic E-state index is -2.38. The van der Waals surface area contributed by atoms with E-state index in [4.69, 9.17) is 18.9 Å². The second kappa shape index (κ2) is 10.7. The summed E-state index contributed by atoms with van der Waals surface area (Å²) in [6, 6.07) is 8.48. The molecule has 0 saturated carbocycles. The van der Waals surface area contributed by atoms with E-state index in [-0.39, 0.29) is 0 Å². The van der Waals surface area contributed by atoms with Gasteiger partial charge in [0.2, 0.25) is 5.69 Å². The highest BCUT2D eigenvalue weighted by molar-refractivity contribution is 7.99. The lowest BCUT2D eigenvalue weighted by Crippen LogP contribution is -2.56. The molecule has 0 aliphatic carbocycles. The van der Waals surface area contributed by atoms with Gasteiger partial charge in [-0.1, -0.05) is 12.1 Å². The molecule has 1 unspecified atom stereocenters.